The number of benzene rings is 1. The lowest BCUT2D eigenvalue weighted by Gasteiger charge is -2.25. The number of ether oxygens (including phenoxy) is 3. The summed E-state index contributed by atoms with van der Waals surface area (Å²) in [6.45, 7) is 4.67. The minimum atomic E-state index is -0.256. The van der Waals surface area contributed by atoms with Crippen molar-refractivity contribution in [3.8, 4) is 17.7 Å². The van der Waals surface area contributed by atoms with Crippen molar-refractivity contribution in [2.75, 3.05) is 19.8 Å². The summed E-state index contributed by atoms with van der Waals surface area (Å²) in [6.07, 6.45) is 3.88. The van der Waals surface area contributed by atoms with Gasteiger partial charge in [-0.1, -0.05) is 6.92 Å². The van der Waals surface area contributed by atoms with E-state index in [1.165, 1.54) is 12.8 Å². The highest BCUT2D eigenvalue weighted by atomic mass is 16.5. The lowest BCUT2D eigenvalue weighted by atomic mass is 10.0. The zero-order valence-corrected chi connectivity index (χ0v) is 17.6. The first-order chi connectivity index (χ1) is 15.0. The Morgan fingerprint density at radius 2 is 2.29 bits per heavy atom. The number of rotatable bonds is 6. The number of nitrogens with zero attached hydrogens (tertiary/aromatic N) is 3. The third-order valence-corrected chi connectivity index (χ3v) is 6.21. The van der Waals surface area contributed by atoms with Crippen LogP contribution in [0.5, 0.6) is 11.6 Å². The average Bonchev–Trinajstić information content (AvgIpc) is 3.35. The van der Waals surface area contributed by atoms with Crippen LogP contribution in [0.25, 0.3) is 0 Å². The second kappa shape index (κ2) is 7.89. The first kappa shape index (κ1) is 19.9. The summed E-state index contributed by atoms with van der Waals surface area (Å²) in [5.74, 6) is 1.11. The van der Waals surface area contributed by atoms with E-state index < -0.39 is 0 Å². The zero-order valence-electron chi connectivity index (χ0n) is 17.6. The molecule has 162 valence electrons. The monoisotopic (exact) mass is 422 g/mol. The topological polar surface area (TPSA) is 98.4 Å². The Kier molecular flexibility index (Phi) is 5.06. The van der Waals surface area contributed by atoms with Crippen molar-refractivity contribution < 1.29 is 19.0 Å². The fraction of sp³-hybridized carbons (Fsp3) is 0.522. The second-order valence-electron chi connectivity index (χ2n) is 9.07. The van der Waals surface area contributed by atoms with Crippen molar-refractivity contribution in [3.63, 3.8) is 0 Å². The second-order valence-corrected chi connectivity index (χ2v) is 9.07. The molecule has 1 aromatic heterocycles. The maximum absolute atomic E-state index is 12.8. The van der Waals surface area contributed by atoms with Crippen LogP contribution in [0.15, 0.2) is 24.3 Å². The van der Waals surface area contributed by atoms with Gasteiger partial charge in [-0.25, -0.2) is 4.68 Å². The van der Waals surface area contributed by atoms with E-state index in [9.17, 15) is 4.79 Å². The number of carbonyl (C=O) groups excluding carboxylic acids is 1. The molecule has 2 aromatic rings. The molecule has 3 aliphatic rings. The molecule has 1 N–H and O–H groups in total. The summed E-state index contributed by atoms with van der Waals surface area (Å²) >= 11 is 0. The van der Waals surface area contributed by atoms with Gasteiger partial charge in [0.25, 0.3) is 5.91 Å². The van der Waals surface area contributed by atoms with Gasteiger partial charge in [0.15, 0.2) is 5.69 Å². The van der Waals surface area contributed by atoms with Gasteiger partial charge >= 0.3 is 0 Å². The van der Waals surface area contributed by atoms with E-state index in [1.807, 2.05) is 6.07 Å². The minimum absolute atomic E-state index is 0.0139. The fourth-order valence-electron chi connectivity index (χ4n) is 3.99. The highest BCUT2D eigenvalue weighted by Crippen LogP contribution is 2.45. The highest BCUT2D eigenvalue weighted by Gasteiger charge is 2.37. The van der Waals surface area contributed by atoms with E-state index >= 15 is 0 Å². The SMILES string of the molecule is CC1(COC[C@@H]2CCn3nc(C(=O)N[C@H]4COc5ccc(C#N)cc5C4)cc3O2)CC1. The Bertz CT molecular complexity index is 1040. The van der Waals surface area contributed by atoms with Crippen molar-refractivity contribution in [1.29, 1.82) is 5.26 Å². The van der Waals surface area contributed by atoms with Crippen LogP contribution in [-0.2, 0) is 17.7 Å². The zero-order chi connectivity index (χ0) is 21.4. The van der Waals surface area contributed by atoms with Crippen molar-refractivity contribution >= 4 is 5.91 Å². The third-order valence-electron chi connectivity index (χ3n) is 6.21. The van der Waals surface area contributed by atoms with Crippen LogP contribution >= 0.6 is 0 Å². The number of amides is 1. The van der Waals surface area contributed by atoms with Crippen molar-refractivity contribution in [1.82, 2.24) is 15.1 Å². The molecule has 2 aliphatic heterocycles. The maximum atomic E-state index is 12.8. The van der Waals surface area contributed by atoms with Crippen molar-refractivity contribution in [3.05, 3.63) is 41.1 Å². The van der Waals surface area contributed by atoms with Crippen LogP contribution < -0.4 is 14.8 Å². The van der Waals surface area contributed by atoms with Crippen LogP contribution in [0.4, 0.5) is 0 Å². The fourth-order valence-corrected chi connectivity index (χ4v) is 3.99. The highest BCUT2D eigenvalue weighted by molar-refractivity contribution is 5.92. The normalized spacial score (nSPS) is 22.8. The van der Waals surface area contributed by atoms with Crippen LogP contribution in [0, 0.1) is 16.7 Å². The van der Waals surface area contributed by atoms with E-state index in [4.69, 9.17) is 19.5 Å². The molecule has 1 aliphatic carbocycles. The standard InChI is InChI=1S/C23H26N4O4/c1-23(5-6-23)14-29-13-18-4-7-27-21(31-18)10-19(26-27)22(28)25-17-9-16-8-15(11-24)2-3-20(16)30-12-17/h2-3,8,10,17-18H,4-7,9,12-14H2,1H3,(H,25,28)/t17-,18+/m1/s1. The van der Waals surface area contributed by atoms with E-state index in [2.05, 4.69) is 23.4 Å². The van der Waals surface area contributed by atoms with E-state index in [-0.39, 0.29) is 18.1 Å². The summed E-state index contributed by atoms with van der Waals surface area (Å²) in [5, 5.41) is 16.5. The molecule has 8 heteroatoms. The maximum Gasteiger partial charge on any atom is 0.272 e. The van der Waals surface area contributed by atoms with E-state index in [0.29, 0.717) is 48.7 Å². The van der Waals surface area contributed by atoms with Gasteiger partial charge in [0, 0.05) is 19.0 Å². The van der Waals surface area contributed by atoms with Gasteiger partial charge in [-0.15, -0.1) is 0 Å². The Hall–Kier alpha value is -3.05. The molecule has 0 unspecified atom stereocenters. The molecule has 1 amide bonds. The number of fused-ring (bicyclic) bond motifs is 2. The first-order valence-electron chi connectivity index (χ1n) is 10.8. The van der Waals surface area contributed by atoms with Crippen LogP contribution in [0.1, 0.15) is 47.8 Å². The third kappa shape index (κ3) is 4.37. The molecule has 1 aromatic carbocycles. The van der Waals surface area contributed by atoms with E-state index in [0.717, 1.165) is 24.3 Å². The van der Waals surface area contributed by atoms with Gasteiger partial charge in [0.05, 0.1) is 30.9 Å². The molecule has 0 radical (unpaired) electrons. The molecule has 8 nitrogen and oxygen atoms in total. The average molecular weight is 422 g/mol. The summed E-state index contributed by atoms with van der Waals surface area (Å²) in [5.41, 5.74) is 2.20. The number of aromatic nitrogens is 2. The van der Waals surface area contributed by atoms with Gasteiger partial charge in [-0.05, 0) is 48.4 Å². The lowest BCUT2D eigenvalue weighted by molar-refractivity contribution is 0.0109. The van der Waals surface area contributed by atoms with Crippen LogP contribution in [-0.4, -0.2) is 47.7 Å². The Morgan fingerprint density at radius 3 is 3.10 bits per heavy atom. The molecule has 5 rings (SSSR count). The molecule has 1 saturated carbocycles. The molecule has 31 heavy (non-hydrogen) atoms. The first-order valence-corrected chi connectivity index (χ1v) is 10.8. The van der Waals surface area contributed by atoms with Crippen molar-refractivity contribution in [2.45, 2.75) is 51.3 Å². The number of nitriles is 1. The number of carbonyl (C=O) groups is 1. The van der Waals surface area contributed by atoms with Crippen LogP contribution in [0.3, 0.4) is 0 Å². The van der Waals surface area contributed by atoms with Gasteiger partial charge in [-0.2, -0.15) is 10.4 Å². The number of hydrogen-bond acceptors (Lipinski definition) is 6. The summed E-state index contributed by atoms with van der Waals surface area (Å²) in [4.78, 5) is 12.8. The summed E-state index contributed by atoms with van der Waals surface area (Å²) < 4.78 is 19.3. The molecular weight excluding hydrogens is 396 g/mol. The Labute approximate surface area is 181 Å². The molecule has 3 heterocycles. The van der Waals surface area contributed by atoms with Crippen molar-refractivity contribution in [2.24, 2.45) is 5.41 Å². The summed E-state index contributed by atoms with van der Waals surface area (Å²) in [7, 11) is 0. The van der Waals surface area contributed by atoms with E-state index in [1.54, 1.807) is 22.9 Å². The van der Waals surface area contributed by atoms with Gasteiger partial charge in [0.2, 0.25) is 5.88 Å². The van der Waals surface area contributed by atoms with Gasteiger partial charge in [-0.3, -0.25) is 4.79 Å². The molecule has 1 fully saturated rings. The molecule has 2 atom stereocenters. The quantitative estimate of drug-likeness (QED) is 0.768. The van der Waals surface area contributed by atoms with Crippen LogP contribution in [0.2, 0.25) is 0 Å². The smallest absolute Gasteiger partial charge is 0.272 e. The predicted octanol–water partition coefficient (Wildman–Crippen LogP) is 2.46. The minimum Gasteiger partial charge on any atom is -0.491 e. The predicted molar refractivity (Wildman–Crippen MR) is 111 cm³/mol. The Balaban J connectivity index is 1.17. The molecular formula is C23H26N4O4. The summed E-state index contributed by atoms with van der Waals surface area (Å²) in [6, 6.07) is 8.99. The molecule has 0 spiro atoms. The number of nitrogens with one attached hydrogen (secondary N) is 1. The van der Waals surface area contributed by atoms with Gasteiger partial charge in [0.1, 0.15) is 18.5 Å². The lowest BCUT2D eigenvalue weighted by Crippen LogP contribution is -2.42. The Morgan fingerprint density at radius 1 is 1.42 bits per heavy atom. The number of hydrogen-bond donors (Lipinski definition) is 1. The number of aryl methyl sites for hydroxylation is 1. The molecule has 0 bridgehead atoms. The van der Waals surface area contributed by atoms with Gasteiger partial charge < -0.3 is 19.5 Å². The molecule has 0 saturated heterocycles. The largest absolute Gasteiger partial charge is 0.491 e.